The Bertz CT molecular complexity index is 97.0. The second-order valence-corrected chi connectivity index (χ2v) is 2.55. The molecule has 0 unspecified atom stereocenters. The quantitative estimate of drug-likeness (QED) is 0.515. The minimum atomic E-state index is 1.34. The van der Waals surface area contributed by atoms with Crippen LogP contribution in [0.1, 0.15) is 13.8 Å². The lowest BCUT2D eigenvalue weighted by Crippen LogP contribution is -1.56. The summed E-state index contributed by atoms with van der Waals surface area (Å²) in [6.07, 6.45) is 6.20. The van der Waals surface area contributed by atoms with Crippen molar-refractivity contribution in [3.8, 4) is 0 Å². The highest BCUT2D eigenvalue weighted by Crippen LogP contribution is 1.95. The Morgan fingerprint density at radius 1 is 1.38 bits per heavy atom. The van der Waals surface area contributed by atoms with Gasteiger partial charge in [0.05, 0.1) is 0 Å². The fourth-order valence-corrected chi connectivity index (χ4v) is 0.546. The van der Waals surface area contributed by atoms with Crippen LogP contribution in [-0.2, 0) is 0 Å². The van der Waals surface area contributed by atoms with Crippen molar-refractivity contribution in [1.82, 2.24) is 0 Å². The summed E-state index contributed by atoms with van der Waals surface area (Å²) in [4.78, 5) is 0. The van der Waals surface area contributed by atoms with Gasteiger partial charge in [-0.1, -0.05) is 17.7 Å². The van der Waals surface area contributed by atoms with E-state index in [1.807, 2.05) is 0 Å². The van der Waals surface area contributed by atoms with E-state index in [0.717, 1.165) is 0 Å². The maximum Gasteiger partial charge on any atom is -0.0142 e. The molecule has 0 radical (unpaired) electrons. The molecule has 0 bridgehead atoms. The molecule has 8 heavy (non-hydrogen) atoms. The van der Waals surface area contributed by atoms with Crippen molar-refractivity contribution < 1.29 is 0 Å². The van der Waals surface area contributed by atoms with Crippen LogP contribution in [0.5, 0.6) is 0 Å². The van der Waals surface area contributed by atoms with E-state index in [1.54, 1.807) is 11.8 Å². The van der Waals surface area contributed by atoms with E-state index < -0.39 is 0 Å². The molecule has 0 N–H and O–H groups in total. The molecule has 1 heteroatoms. The summed E-state index contributed by atoms with van der Waals surface area (Å²) in [5.41, 5.74) is 1.34. The van der Waals surface area contributed by atoms with Gasteiger partial charge < -0.3 is 0 Å². The molecule has 0 aromatic heterocycles. The zero-order valence-electron chi connectivity index (χ0n) is 5.64. The minimum Gasteiger partial charge on any atom is -0.138 e. The molecule has 0 saturated heterocycles. The van der Waals surface area contributed by atoms with E-state index in [4.69, 9.17) is 0 Å². The van der Waals surface area contributed by atoms with E-state index in [2.05, 4.69) is 37.7 Å². The Hall–Kier alpha value is -0.170. The Kier molecular flexibility index (Phi) is 4.87. The second-order valence-electron chi connectivity index (χ2n) is 1.81. The van der Waals surface area contributed by atoms with E-state index in [0.29, 0.717) is 0 Å². The van der Waals surface area contributed by atoms with Gasteiger partial charge in [-0.2, -0.15) is 0 Å². The van der Waals surface area contributed by atoms with Crippen molar-refractivity contribution in [2.24, 2.45) is 0 Å². The van der Waals surface area contributed by atoms with E-state index in [-0.39, 0.29) is 0 Å². The first kappa shape index (κ1) is 7.83. The normalized spacial score (nSPS) is 9.88. The monoisotopic (exact) mass is 128 g/mol. The van der Waals surface area contributed by atoms with Gasteiger partial charge in [0.25, 0.3) is 0 Å². The van der Waals surface area contributed by atoms with Gasteiger partial charge in [-0.3, -0.25) is 0 Å². The molecule has 0 spiro atoms. The minimum absolute atomic E-state index is 1.34. The highest BCUT2D eigenvalue weighted by molar-refractivity contribution is 8.01. The van der Waals surface area contributed by atoms with Crippen LogP contribution in [0.25, 0.3) is 0 Å². The van der Waals surface area contributed by atoms with Gasteiger partial charge in [-0.05, 0) is 25.5 Å². The van der Waals surface area contributed by atoms with Crippen molar-refractivity contribution in [2.75, 3.05) is 6.26 Å². The number of rotatable bonds is 2. The lowest BCUT2D eigenvalue weighted by molar-refractivity contribution is 1.39. The van der Waals surface area contributed by atoms with Crippen LogP contribution >= 0.6 is 11.8 Å². The summed E-state index contributed by atoms with van der Waals surface area (Å²) in [6, 6.07) is 0. The summed E-state index contributed by atoms with van der Waals surface area (Å²) < 4.78 is 0. The lowest BCUT2D eigenvalue weighted by atomic mass is 10.3. The molecule has 46 valence electrons. The number of hydrogen-bond donors (Lipinski definition) is 0. The van der Waals surface area contributed by atoms with Crippen molar-refractivity contribution in [3.05, 3.63) is 23.1 Å². The van der Waals surface area contributed by atoms with Crippen LogP contribution in [0.3, 0.4) is 0 Å². The Labute approximate surface area is 55.7 Å². The third-order valence-electron chi connectivity index (χ3n) is 0.644. The SMILES string of the molecule is CSC=CC=C(C)C. The summed E-state index contributed by atoms with van der Waals surface area (Å²) in [7, 11) is 0. The molecule has 0 saturated carbocycles. The van der Waals surface area contributed by atoms with Gasteiger partial charge in [0.15, 0.2) is 0 Å². The molecule has 0 rings (SSSR count). The fraction of sp³-hybridized carbons (Fsp3) is 0.429. The standard InChI is InChI=1S/C7H12S/c1-7(2)5-4-6-8-3/h4-6H,1-3H3. The largest absolute Gasteiger partial charge is 0.138 e. The van der Waals surface area contributed by atoms with E-state index in [9.17, 15) is 0 Å². The van der Waals surface area contributed by atoms with Crippen LogP contribution in [0.15, 0.2) is 23.1 Å². The maximum absolute atomic E-state index is 2.09. The highest BCUT2D eigenvalue weighted by atomic mass is 32.2. The first-order chi connectivity index (χ1) is 3.77. The van der Waals surface area contributed by atoms with Gasteiger partial charge >= 0.3 is 0 Å². The van der Waals surface area contributed by atoms with Crippen molar-refractivity contribution in [1.29, 1.82) is 0 Å². The molecule has 0 amide bonds. The average Bonchev–Trinajstić information content (AvgIpc) is 1.66. The molecular formula is C7H12S. The van der Waals surface area contributed by atoms with Crippen molar-refractivity contribution in [3.63, 3.8) is 0 Å². The van der Waals surface area contributed by atoms with Crippen LogP contribution in [-0.4, -0.2) is 6.26 Å². The average molecular weight is 128 g/mol. The van der Waals surface area contributed by atoms with E-state index in [1.165, 1.54) is 5.57 Å². The fourth-order valence-electron chi connectivity index (χ4n) is 0.310. The topological polar surface area (TPSA) is 0 Å². The molecule has 0 fully saturated rings. The van der Waals surface area contributed by atoms with Gasteiger partial charge in [0, 0.05) is 0 Å². The van der Waals surface area contributed by atoms with Crippen molar-refractivity contribution >= 4 is 11.8 Å². The number of allylic oxidation sites excluding steroid dienone is 3. The van der Waals surface area contributed by atoms with Crippen LogP contribution in [0.2, 0.25) is 0 Å². The summed E-state index contributed by atoms with van der Waals surface area (Å²) >= 11 is 1.72. The molecular weight excluding hydrogens is 116 g/mol. The Balaban J connectivity index is 3.42. The molecule has 0 aromatic carbocycles. The summed E-state index contributed by atoms with van der Waals surface area (Å²) in [5.74, 6) is 0. The molecule has 0 aliphatic heterocycles. The maximum atomic E-state index is 2.09. The highest BCUT2D eigenvalue weighted by Gasteiger charge is 1.67. The lowest BCUT2D eigenvalue weighted by Gasteiger charge is -1.79. The van der Waals surface area contributed by atoms with Gasteiger partial charge in [0.2, 0.25) is 0 Å². The van der Waals surface area contributed by atoms with Gasteiger partial charge in [-0.15, -0.1) is 11.8 Å². The third kappa shape index (κ3) is 5.83. The summed E-state index contributed by atoms with van der Waals surface area (Å²) in [6.45, 7) is 4.18. The van der Waals surface area contributed by atoms with E-state index >= 15 is 0 Å². The zero-order valence-corrected chi connectivity index (χ0v) is 6.46. The molecule has 0 atom stereocenters. The Morgan fingerprint density at radius 3 is 2.38 bits per heavy atom. The first-order valence-corrected chi connectivity index (χ1v) is 3.89. The van der Waals surface area contributed by atoms with Gasteiger partial charge in [-0.25, -0.2) is 0 Å². The smallest absolute Gasteiger partial charge is 0.0142 e. The molecule has 0 aromatic rings. The number of hydrogen-bond acceptors (Lipinski definition) is 1. The van der Waals surface area contributed by atoms with Crippen LogP contribution in [0, 0.1) is 0 Å². The molecule has 0 aliphatic rings. The second kappa shape index (κ2) is 4.98. The Morgan fingerprint density at radius 2 is 2.00 bits per heavy atom. The van der Waals surface area contributed by atoms with Crippen LogP contribution in [0.4, 0.5) is 0 Å². The third-order valence-corrected chi connectivity index (χ3v) is 1.07. The first-order valence-electron chi connectivity index (χ1n) is 2.60. The molecule has 0 heterocycles. The van der Waals surface area contributed by atoms with Crippen molar-refractivity contribution in [2.45, 2.75) is 13.8 Å². The predicted molar refractivity (Wildman–Crippen MR) is 42.1 cm³/mol. The predicted octanol–water partition coefficient (Wildman–Crippen LogP) is 2.83. The molecule has 0 nitrogen and oxygen atoms in total. The summed E-state index contributed by atoms with van der Waals surface area (Å²) in [5, 5.41) is 2.06. The zero-order chi connectivity index (χ0) is 6.41. The van der Waals surface area contributed by atoms with Gasteiger partial charge in [0.1, 0.15) is 0 Å². The number of thioether (sulfide) groups is 1. The van der Waals surface area contributed by atoms with Crippen LogP contribution < -0.4 is 0 Å². The molecule has 0 aliphatic carbocycles.